The van der Waals surface area contributed by atoms with Crippen LogP contribution >= 0.6 is 11.6 Å². The number of aliphatic carboxylic acids is 1. The largest absolute Gasteiger partial charge is 0.573 e. The maximum atomic E-state index is 12.4. The van der Waals surface area contributed by atoms with Crippen molar-refractivity contribution in [1.29, 1.82) is 0 Å². The first-order valence-corrected chi connectivity index (χ1v) is 11.5. The molecule has 8 nitrogen and oxygen atoms in total. The topological polar surface area (TPSA) is 114 Å². The summed E-state index contributed by atoms with van der Waals surface area (Å²) in [5.74, 6) is -2.22. The van der Waals surface area contributed by atoms with Crippen LogP contribution in [-0.2, 0) is 4.79 Å². The predicted molar refractivity (Wildman–Crippen MR) is 123 cm³/mol. The maximum Gasteiger partial charge on any atom is 0.573 e. The second-order valence-electron chi connectivity index (χ2n) is 8.19. The molecule has 0 radical (unpaired) electrons. The monoisotopic (exact) mass is 528 g/mol. The third-order valence-electron chi connectivity index (χ3n) is 5.51. The summed E-state index contributed by atoms with van der Waals surface area (Å²) >= 11 is 5.76. The van der Waals surface area contributed by atoms with Gasteiger partial charge >= 0.3 is 12.3 Å². The van der Waals surface area contributed by atoms with Gasteiger partial charge in [0.15, 0.2) is 0 Å². The third-order valence-corrected chi connectivity index (χ3v) is 5.72. The fraction of sp³-hybridized carbons (Fsp3) is 0.375. The number of ether oxygens (including phenoxy) is 2. The number of halogens is 4. The van der Waals surface area contributed by atoms with E-state index in [4.69, 9.17) is 21.4 Å². The third kappa shape index (κ3) is 8.33. The Morgan fingerprint density at radius 3 is 2.03 bits per heavy atom. The number of benzene rings is 2. The zero-order chi connectivity index (χ0) is 26.3. The van der Waals surface area contributed by atoms with Crippen molar-refractivity contribution in [2.24, 2.45) is 5.92 Å². The highest BCUT2D eigenvalue weighted by Gasteiger charge is 2.31. The van der Waals surface area contributed by atoms with E-state index in [0.29, 0.717) is 37.0 Å². The number of rotatable bonds is 9. The SMILES string of the molecule is O=C(NCCNC(=O)c1cc(Cl)cc(OC(F)(F)F)c1)c1ccc(O[C@H]2CC[C@@H](C(=O)O)CC2)cc1. The van der Waals surface area contributed by atoms with Crippen molar-refractivity contribution in [3.8, 4) is 11.5 Å². The van der Waals surface area contributed by atoms with Crippen LogP contribution in [0.1, 0.15) is 46.4 Å². The Hall–Kier alpha value is -3.47. The van der Waals surface area contributed by atoms with Crippen molar-refractivity contribution in [3.63, 3.8) is 0 Å². The number of nitrogens with one attached hydrogen (secondary N) is 2. The van der Waals surface area contributed by atoms with Crippen LogP contribution in [0.5, 0.6) is 11.5 Å². The van der Waals surface area contributed by atoms with Crippen LogP contribution in [0.2, 0.25) is 5.02 Å². The Bertz CT molecular complexity index is 1090. The minimum Gasteiger partial charge on any atom is -0.490 e. The van der Waals surface area contributed by atoms with E-state index in [1.54, 1.807) is 24.3 Å². The van der Waals surface area contributed by atoms with Gasteiger partial charge in [-0.1, -0.05) is 11.6 Å². The van der Waals surface area contributed by atoms with Crippen molar-refractivity contribution >= 4 is 29.4 Å². The lowest BCUT2D eigenvalue weighted by atomic mass is 9.87. The molecule has 3 N–H and O–H groups in total. The van der Waals surface area contributed by atoms with Gasteiger partial charge in [-0.25, -0.2) is 0 Å². The van der Waals surface area contributed by atoms with Gasteiger partial charge in [0.05, 0.1) is 12.0 Å². The van der Waals surface area contributed by atoms with Gasteiger partial charge < -0.3 is 25.2 Å². The summed E-state index contributed by atoms with van der Waals surface area (Å²) in [6.45, 7) is 0.0921. The molecule has 0 saturated heterocycles. The Kier molecular flexibility index (Phi) is 9.03. The zero-order valence-electron chi connectivity index (χ0n) is 18.9. The smallest absolute Gasteiger partial charge is 0.490 e. The van der Waals surface area contributed by atoms with E-state index in [0.717, 1.165) is 12.1 Å². The minimum atomic E-state index is -4.92. The lowest BCUT2D eigenvalue weighted by molar-refractivity contribution is -0.274. The van der Waals surface area contributed by atoms with Gasteiger partial charge in [-0.15, -0.1) is 13.2 Å². The normalized spacial score (nSPS) is 17.7. The van der Waals surface area contributed by atoms with Crippen LogP contribution < -0.4 is 20.1 Å². The van der Waals surface area contributed by atoms with E-state index in [1.807, 2.05) is 0 Å². The zero-order valence-corrected chi connectivity index (χ0v) is 19.7. The first kappa shape index (κ1) is 27.1. The van der Waals surface area contributed by atoms with Crippen molar-refractivity contribution in [1.82, 2.24) is 10.6 Å². The van der Waals surface area contributed by atoms with E-state index in [2.05, 4.69) is 15.4 Å². The maximum absolute atomic E-state index is 12.4. The molecule has 3 rings (SSSR count). The molecule has 1 saturated carbocycles. The van der Waals surface area contributed by atoms with Gasteiger partial charge in [0.25, 0.3) is 11.8 Å². The van der Waals surface area contributed by atoms with Gasteiger partial charge in [0, 0.05) is 29.2 Å². The van der Waals surface area contributed by atoms with Crippen molar-refractivity contribution < 1.29 is 42.1 Å². The lowest BCUT2D eigenvalue weighted by Gasteiger charge is -2.26. The van der Waals surface area contributed by atoms with Crippen LogP contribution in [0.15, 0.2) is 42.5 Å². The number of carboxylic acids is 1. The summed E-state index contributed by atoms with van der Waals surface area (Å²) in [6, 6.07) is 9.51. The summed E-state index contributed by atoms with van der Waals surface area (Å²) in [5.41, 5.74) is 0.243. The number of carbonyl (C=O) groups excluding carboxylic acids is 2. The van der Waals surface area contributed by atoms with E-state index >= 15 is 0 Å². The van der Waals surface area contributed by atoms with Gasteiger partial charge in [-0.05, 0) is 68.1 Å². The lowest BCUT2D eigenvalue weighted by Crippen LogP contribution is -2.34. The highest BCUT2D eigenvalue weighted by atomic mass is 35.5. The highest BCUT2D eigenvalue weighted by molar-refractivity contribution is 6.31. The van der Waals surface area contributed by atoms with Crippen LogP contribution in [0.4, 0.5) is 13.2 Å². The summed E-state index contributed by atoms with van der Waals surface area (Å²) in [6.07, 6.45) is -2.56. The van der Waals surface area contributed by atoms with Crippen LogP contribution in [0.25, 0.3) is 0 Å². The number of alkyl halides is 3. The number of carboxylic acid groups (broad SMARTS) is 1. The second-order valence-corrected chi connectivity index (χ2v) is 8.63. The quantitative estimate of drug-likeness (QED) is 0.415. The molecule has 0 unspecified atom stereocenters. The molecule has 0 heterocycles. The number of amides is 2. The van der Waals surface area contributed by atoms with E-state index < -0.39 is 24.0 Å². The molecule has 1 aliphatic rings. The molecule has 2 amide bonds. The van der Waals surface area contributed by atoms with Gasteiger partial charge in [0.2, 0.25) is 0 Å². The fourth-order valence-corrected chi connectivity index (χ4v) is 3.97. The van der Waals surface area contributed by atoms with Crippen molar-refractivity contribution in [2.75, 3.05) is 13.1 Å². The van der Waals surface area contributed by atoms with Gasteiger partial charge in [-0.3, -0.25) is 14.4 Å². The average molecular weight is 529 g/mol. The molecule has 0 aliphatic heterocycles. The molecule has 2 aromatic carbocycles. The van der Waals surface area contributed by atoms with Crippen LogP contribution in [-0.4, -0.2) is 48.4 Å². The molecular formula is C24H24ClF3N2O6. The molecule has 36 heavy (non-hydrogen) atoms. The number of hydrogen-bond donors (Lipinski definition) is 3. The Morgan fingerprint density at radius 1 is 0.889 bits per heavy atom. The molecule has 0 aromatic heterocycles. The summed E-state index contributed by atoms with van der Waals surface area (Å²) in [4.78, 5) is 35.6. The molecule has 0 spiro atoms. The molecule has 1 fully saturated rings. The first-order valence-electron chi connectivity index (χ1n) is 11.1. The minimum absolute atomic E-state index is 0.0206. The predicted octanol–water partition coefficient (Wildman–Crippen LogP) is 4.42. The Morgan fingerprint density at radius 2 is 1.47 bits per heavy atom. The van der Waals surface area contributed by atoms with E-state index in [1.165, 1.54) is 6.07 Å². The molecule has 0 atom stereocenters. The number of hydrogen-bond acceptors (Lipinski definition) is 5. The Balaban J connectivity index is 1.42. The summed E-state index contributed by atoms with van der Waals surface area (Å²) in [5, 5.41) is 14.1. The van der Waals surface area contributed by atoms with Gasteiger partial charge in [-0.2, -0.15) is 0 Å². The summed E-state index contributed by atoms with van der Waals surface area (Å²) in [7, 11) is 0. The van der Waals surface area contributed by atoms with E-state index in [-0.39, 0.29) is 41.6 Å². The molecule has 2 aromatic rings. The fourth-order valence-electron chi connectivity index (χ4n) is 3.75. The van der Waals surface area contributed by atoms with Crippen LogP contribution in [0.3, 0.4) is 0 Å². The standard InChI is InChI=1S/C24H24ClF3N2O6/c25-17-11-16(12-20(13-17)36-24(26,27)28)22(32)30-10-9-29-21(31)14-1-5-18(6-2-14)35-19-7-3-15(4-8-19)23(33)34/h1-2,5-6,11-13,15,19H,3-4,7-10H2,(H,29,31)(H,30,32)(H,33,34)/t15-,19+. The van der Waals surface area contributed by atoms with Gasteiger partial charge in [0.1, 0.15) is 11.5 Å². The van der Waals surface area contributed by atoms with E-state index in [9.17, 15) is 27.6 Å². The first-order chi connectivity index (χ1) is 17.0. The van der Waals surface area contributed by atoms with Crippen molar-refractivity contribution in [3.05, 3.63) is 58.6 Å². The molecule has 0 bridgehead atoms. The molecule has 12 heteroatoms. The molecule has 194 valence electrons. The number of carbonyl (C=O) groups is 3. The Labute approximate surface area is 209 Å². The molecule has 1 aliphatic carbocycles. The van der Waals surface area contributed by atoms with Crippen LogP contribution in [0, 0.1) is 5.92 Å². The average Bonchev–Trinajstić information content (AvgIpc) is 2.81. The van der Waals surface area contributed by atoms with Crippen molar-refractivity contribution in [2.45, 2.75) is 38.1 Å². The second kappa shape index (κ2) is 12.0. The molecular weight excluding hydrogens is 505 g/mol. The highest BCUT2D eigenvalue weighted by Crippen LogP contribution is 2.28. The summed E-state index contributed by atoms with van der Waals surface area (Å²) < 4.78 is 46.9.